The van der Waals surface area contributed by atoms with Crippen molar-refractivity contribution in [3.63, 3.8) is 0 Å². The van der Waals surface area contributed by atoms with Crippen LogP contribution in [0.1, 0.15) is 0 Å². The zero-order valence-corrected chi connectivity index (χ0v) is 5.75. The van der Waals surface area contributed by atoms with Crippen LogP contribution in [0, 0.1) is 0 Å². The van der Waals surface area contributed by atoms with Crippen molar-refractivity contribution in [2.75, 3.05) is 7.11 Å². The van der Waals surface area contributed by atoms with Crippen LogP contribution in [0.2, 0.25) is 0 Å². The van der Waals surface area contributed by atoms with E-state index in [9.17, 15) is 0 Å². The van der Waals surface area contributed by atoms with Gasteiger partial charge in [-0.15, -0.1) is 0 Å². The summed E-state index contributed by atoms with van der Waals surface area (Å²) in [5.41, 5.74) is 0. The maximum absolute atomic E-state index is 5.08. The first-order valence-corrected chi connectivity index (χ1v) is 4.72. The SMILES string of the molecule is B#[S-](I)OC. The summed E-state index contributed by atoms with van der Waals surface area (Å²) in [6.45, 7) is 5.08. The maximum atomic E-state index is 5.08. The van der Waals surface area contributed by atoms with Crippen molar-refractivity contribution in [1.82, 2.24) is 0 Å². The number of rotatable bonds is 0. The van der Waals surface area contributed by atoms with Crippen molar-refractivity contribution in [3.05, 3.63) is 0 Å². The van der Waals surface area contributed by atoms with Gasteiger partial charge in [0, 0.05) is 0 Å². The molecule has 0 saturated heterocycles. The van der Waals surface area contributed by atoms with Gasteiger partial charge in [0.2, 0.25) is 0 Å². The molecule has 0 spiro atoms. The molecule has 0 aromatic rings. The third-order valence-corrected chi connectivity index (χ3v) is 1.56. The quantitative estimate of drug-likeness (QED) is 0.316. The Labute approximate surface area is 46.7 Å². The number of hydrogen-bond donors (Lipinski definition) is 0. The van der Waals surface area contributed by atoms with Gasteiger partial charge in [0.15, 0.2) is 0 Å². The standard InChI is InChI=1S/CH3BIOS/c1-4-5(2)3/h1H3/q-1. The van der Waals surface area contributed by atoms with Gasteiger partial charge < -0.3 is 0 Å². The van der Waals surface area contributed by atoms with Gasteiger partial charge >= 0.3 is 46.6 Å². The normalized spacial score (nSPS) is 9.80. The average Bonchev–Trinajstić information content (AvgIpc) is 1.38. The molecular formula is CH3BIOS-. The van der Waals surface area contributed by atoms with E-state index >= 15 is 0 Å². The molecule has 0 unspecified atom stereocenters. The molecular weight excluding hydrogens is 198 g/mol. The molecule has 0 aromatic heterocycles. The molecule has 4 heteroatoms. The minimum atomic E-state index is -0.353. The molecule has 0 fully saturated rings. The van der Waals surface area contributed by atoms with Gasteiger partial charge in [-0.05, 0) is 0 Å². The van der Waals surface area contributed by atoms with E-state index in [0.29, 0.717) is 0 Å². The first-order chi connectivity index (χ1) is 2.27. The Balaban J connectivity index is 2.97. The predicted octanol–water partition coefficient (Wildman–Crippen LogP) is 0.600. The number of hydrogen-bond acceptors (Lipinski definition) is 2. The Morgan fingerprint density at radius 1 is 2.00 bits per heavy atom. The average molecular weight is 201 g/mol. The van der Waals surface area contributed by atoms with Crippen LogP contribution in [0.25, 0.3) is 0 Å². The van der Waals surface area contributed by atoms with Crippen LogP contribution in [0.15, 0.2) is 0 Å². The van der Waals surface area contributed by atoms with E-state index in [1.165, 1.54) is 0 Å². The van der Waals surface area contributed by atoms with E-state index in [1.807, 2.05) is 21.2 Å². The fourth-order valence-corrected chi connectivity index (χ4v) is 0. The van der Waals surface area contributed by atoms with Gasteiger partial charge in [-0.2, -0.15) is 0 Å². The summed E-state index contributed by atoms with van der Waals surface area (Å²) in [6, 6.07) is 0. The molecule has 0 atom stereocenters. The predicted molar refractivity (Wildman–Crippen MR) is 34.1 cm³/mol. The van der Waals surface area contributed by atoms with Gasteiger partial charge in [0.1, 0.15) is 0 Å². The summed E-state index contributed by atoms with van der Waals surface area (Å²) < 4.78 is 4.54. The van der Waals surface area contributed by atoms with Crippen molar-refractivity contribution in [2.24, 2.45) is 0 Å². The summed E-state index contributed by atoms with van der Waals surface area (Å²) in [5, 5.41) is 0. The van der Waals surface area contributed by atoms with Gasteiger partial charge in [-0.1, -0.05) is 0 Å². The second-order valence-electron chi connectivity index (χ2n) is 0.415. The van der Waals surface area contributed by atoms with Crippen molar-refractivity contribution >= 4 is 35.3 Å². The van der Waals surface area contributed by atoms with Crippen LogP contribution < -0.4 is 0 Å². The summed E-state index contributed by atoms with van der Waals surface area (Å²) in [7, 11) is 1.23. The second-order valence-corrected chi connectivity index (χ2v) is 3.85. The molecule has 0 aliphatic carbocycles. The van der Waals surface area contributed by atoms with Crippen LogP contribution in [0.5, 0.6) is 0 Å². The topological polar surface area (TPSA) is 9.23 Å². The molecule has 0 amide bonds. The third-order valence-electron chi connectivity index (χ3n) is 0.159. The molecule has 0 bridgehead atoms. The van der Waals surface area contributed by atoms with Crippen molar-refractivity contribution in [1.29, 1.82) is 0 Å². The molecule has 0 rings (SSSR count). The molecule has 5 heavy (non-hydrogen) atoms. The molecule has 0 heterocycles. The van der Waals surface area contributed by atoms with E-state index in [0.717, 1.165) is 0 Å². The third kappa shape index (κ3) is 5.10. The molecule has 0 aromatic carbocycles. The molecule has 0 saturated carbocycles. The monoisotopic (exact) mass is 201 g/mol. The van der Waals surface area contributed by atoms with Gasteiger partial charge in [-0.3, -0.25) is 0 Å². The van der Waals surface area contributed by atoms with E-state index in [2.05, 4.69) is 4.18 Å². The van der Waals surface area contributed by atoms with Gasteiger partial charge in [-0.25, -0.2) is 0 Å². The Morgan fingerprint density at radius 2 is 2.20 bits per heavy atom. The van der Waals surface area contributed by atoms with Gasteiger partial charge in [0.05, 0.1) is 0 Å². The van der Waals surface area contributed by atoms with Crippen LogP contribution in [-0.2, 0) is 11.8 Å². The molecule has 0 aliphatic heterocycles. The minimum absolute atomic E-state index is 0.353. The fraction of sp³-hybridized carbons (Fsp3) is 1.00. The first-order valence-electron chi connectivity index (χ1n) is 0.965. The zero-order valence-electron chi connectivity index (χ0n) is 2.77. The zero-order chi connectivity index (χ0) is 4.28. The Hall–Kier alpha value is 1.10. The van der Waals surface area contributed by atoms with Crippen molar-refractivity contribution < 1.29 is 4.18 Å². The van der Waals surface area contributed by atoms with Crippen LogP contribution in [0.4, 0.5) is 0 Å². The van der Waals surface area contributed by atoms with Crippen LogP contribution in [0.3, 0.4) is 0 Å². The van der Waals surface area contributed by atoms with E-state index < -0.39 is 0 Å². The van der Waals surface area contributed by atoms with E-state index in [4.69, 9.17) is 6.53 Å². The second kappa shape index (κ2) is 3.30. The first kappa shape index (κ1) is 6.10. The molecule has 1 nitrogen and oxygen atoms in total. The van der Waals surface area contributed by atoms with Crippen LogP contribution >= 0.6 is 21.2 Å². The van der Waals surface area contributed by atoms with Gasteiger partial charge in [0.25, 0.3) is 0 Å². The Morgan fingerprint density at radius 3 is 2.20 bits per heavy atom. The van der Waals surface area contributed by atoms with Crippen molar-refractivity contribution in [2.45, 2.75) is 0 Å². The number of halogens is 1. The van der Waals surface area contributed by atoms with Crippen LogP contribution in [-0.4, -0.2) is 13.6 Å². The summed E-state index contributed by atoms with van der Waals surface area (Å²) in [6.07, 6.45) is 0. The molecule has 0 N–H and O–H groups in total. The Kier molecular flexibility index (Phi) is 4.03. The Bertz CT molecular complexity index is 73.5. The summed E-state index contributed by atoms with van der Waals surface area (Å²) in [5.74, 6) is 0. The molecule has 0 aliphatic rings. The van der Waals surface area contributed by atoms with Crippen molar-refractivity contribution in [3.8, 4) is 0 Å². The molecule has 30 valence electrons. The summed E-state index contributed by atoms with van der Waals surface area (Å²) in [4.78, 5) is 0. The molecule has 0 radical (unpaired) electrons. The fourth-order valence-electron chi connectivity index (χ4n) is 0. The summed E-state index contributed by atoms with van der Waals surface area (Å²) >= 11 is 1.99. The van der Waals surface area contributed by atoms with E-state index in [-0.39, 0.29) is 7.58 Å². The van der Waals surface area contributed by atoms with E-state index in [1.54, 1.807) is 7.11 Å².